The van der Waals surface area contributed by atoms with Crippen LogP contribution in [0.25, 0.3) is 0 Å². The lowest BCUT2D eigenvalue weighted by atomic mass is 10.1. The molecular formula is C22H36N2O. The number of nitrogens with zero attached hydrogens (tertiary/aromatic N) is 1. The number of nitrogens with one attached hydrogen (secondary N) is 1. The average Bonchev–Trinajstić information content (AvgIpc) is 2.62. The number of rotatable bonds is 13. The summed E-state index contributed by atoms with van der Waals surface area (Å²) < 4.78 is 0. The summed E-state index contributed by atoms with van der Waals surface area (Å²) in [4.78, 5) is 11.9. The molecule has 1 rings (SSSR count). The molecule has 0 aliphatic carbocycles. The van der Waals surface area contributed by atoms with E-state index < -0.39 is 0 Å². The molecule has 0 unspecified atom stereocenters. The fourth-order valence-electron chi connectivity index (χ4n) is 2.88. The van der Waals surface area contributed by atoms with Crippen LogP contribution < -0.4 is 5.43 Å². The average molecular weight is 345 g/mol. The van der Waals surface area contributed by atoms with Gasteiger partial charge < -0.3 is 0 Å². The van der Waals surface area contributed by atoms with Crippen molar-refractivity contribution in [2.45, 2.75) is 91.4 Å². The van der Waals surface area contributed by atoms with Crippen LogP contribution >= 0.6 is 0 Å². The van der Waals surface area contributed by atoms with E-state index in [4.69, 9.17) is 0 Å². The van der Waals surface area contributed by atoms with E-state index in [9.17, 15) is 4.79 Å². The monoisotopic (exact) mass is 344 g/mol. The molecule has 0 spiro atoms. The molecule has 0 radical (unpaired) electrons. The van der Waals surface area contributed by atoms with E-state index in [0.29, 0.717) is 6.42 Å². The highest BCUT2D eigenvalue weighted by Crippen LogP contribution is 2.10. The summed E-state index contributed by atoms with van der Waals surface area (Å²) in [6, 6.07) is 8.27. The predicted molar refractivity (Wildman–Crippen MR) is 108 cm³/mol. The summed E-state index contributed by atoms with van der Waals surface area (Å²) >= 11 is 0. The first-order valence-corrected chi connectivity index (χ1v) is 10.1. The van der Waals surface area contributed by atoms with Crippen molar-refractivity contribution in [3.05, 3.63) is 35.4 Å². The van der Waals surface area contributed by atoms with Gasteiger partial charge in [0.1, 0.15) is 0 Å². The van der Waals surface area contributed by atoms with Crippen LogP contribution in [0, 0.1) is 6.92 Å². The van der Waals surface area contributed by atoms with Crippen molar-refractivity contribution in [1.29, 1.82) is 0 Å². The Morgan fingerprint density at radius 1 is 0.880 bits per heavy atom. The van der Waals surface area contributed by atoms with Gasteiger partial charge in [-0.2, -0.15) is 5.10 Å². The molecule has 0 aliphatic rings. The van der Waals surface area contributed by atoms with Crippen molar-refractivity contribution in [2.24, 2.45) is 5.10 Å². The molecule has 0 atom stereocenters. The molecule has 0 saturated heterocycles. The van der Waals surface area contributed by atoms with Crippen LogP contribution in [0.4, 0.5) is 0 Å². The van der Waals surface area contributed by atoms with Gasteiger partial charge in [0.15, 0.2) is 0 Å². The molecule has 3 heteroatoms. The summed E-state index contributed by atoms with van der Waals surface area (Å²) in [7, 11) is 0. The number of hydrazone groups is 1. The smallest absolute Gasteiger partial charge is 0.240 e. The Bertz CT molecular complexity index is 505. The Morgan fingerprint density at radius 2 is 1.44 bits per heavy atom. The highest BCUT2D eigenvalue weighted by molar-refractivity contribution is 6.00. The minimum atomic E-state index is 0.0287. The van der Waals surface area contributed by atoms with Crippen molar-refractivity contribution in [1.82, 2.24) is 5.43 Å². The molecule has 1 amide bonds. The van der Waals surface area contributed by atoms with Crippen molar-refractivity contribution < 1.29 is 4.79 Å². The second kappa shape index (κ2) is 13.6. The third-order valence-electron chi connectivity index (χ3n) is 4.54. The third-order valence-corrected chi connectivity index (χ3v) is 4.54. The van der Waals surface area contributed by atoms with Crippen molar-refractivity contribution >= 4 is 11.6 Å². The Morgan fingerprint density at radius 3 is 2.00 bits per heavy atom. The minimum Gasteiger partial charge on any atom is -0.273 e. The number of hydrogen-bond acceptors (Lipinski definition) is 2. The molecule has 1 N–H and O–H groups in total. The van der Waals surface area contributed by atoms with Crippen molar-refractivity contribution in [3.63, 3.8) is 0 Å². The standard InChI is InChI=1S/C22H36N2O/c1-4-6-7-8-9-10-11-12-13-14-22(25)24-23-21(5-2)20-17-15-19(3)16-18-20/h15-18H,4-14H2,1-3H3,(H,24,25)/b23-21+. The Labute approximate surface area is 154 Å². The number of benzene rings is 1. The number of aryl methyl sites for hydroxylation is 1. The molecule has 140 valence electrons. The maximum absolute atomic E-state index is 11.9. The van der Waals surface area contributed by atoms with Crippen LogP contribution in [0.5, 0.6) is 0 Å². The number of unbranched alkanes of at least 4 members (excludes halogenated alkanes) is 8. The maximum atomic E-state index is 11.9. The van der Waals surface area contributed by atoms with Crippen LogP contribution in [0.3, 0.4) is 0 Å². The number of amides is 1. The van der Waals surface area contributed by atoms with E-state index >= 15 is 0 Å². The molecule has 3 nitrogen and oxygen atoms in total. The van der Waals surface area contributed by atoms with Gasteiger partial charge in [0, 0.05) is 6.42 Å². The van der Waals surface area contributed by atoms with E-state index in [1.807, 2.05) is 0 Å². The molecule has 25 heavy (non-hydrogen) atoms. The largest absolute Gasteiger partial charge is 0.273 e. The van der Waals surface area contributed by atoms with Gasteiger partial charge in [-0.05, 0) is 25.3 Å². The fraction of sp³-hybridized carbons (Fsp3) is 0.636. The van der Waals surface area contributed by atoms with Crippen LogP contribution in [-0.4, -0.2) is 11.6 Å². The normalized spacial score (nSPS) is 11.6. The lowest BCUT2D eigenvalue weighted by molar-refractivity contribution is -0.121. The minimum absolute atomic E-state index is 0.0287. The predicted octanol–water partition coefficient (Wildman–Crippen LogP) is 6.15. The molecule has 0 bridgehead atoms. The zero-order valence-electron chi connectivity index (χ0n) is 16.4. The van der Waals surface area contributed by atoms with Gasteiger partial charge in [-0.1, -0.05) is 95.0 Å². The lowest BCUT2D eigenvalue weighted by Gasteiger charge is -2.06. The number of carbonyl (C=O) groups is 1. The highest BCUT2D eigenvalue weighted by Gasteiger charge is 2.04. The number of hydrogen-bond donors (Lipinski definition) is 1. The highest BCUT2D eigenvalue weighted by atomic mass is 16.2. The lowest BCUT2D eigenvalue weighted by Crippen LogP contribution is -2.19. The quantitative estimate of drug-likeness (QED) is 0.260. The molecule has 0 heterocycles. The molecule has 1 aromatic carbocycles. The van der Waals surface area contributed by atoms with E-state index in [0.717, 1.165) is 30.5 Å². The summed E-state index contributed by atoms with van der Waals surface area (Å²) in [5, 5.41) is 4.32. The first-order chi connectivity index (χ1) is 12.2. The van der Waals surface area contributed by atoms with Gasteiger partial charge in [-0.15, -0.1) is 0 Å². The second-order valence-corrected chi connectivity index (χ2v) is 6.89. The van der Waals surface area contributed by atoms with Gasteiger partial charge in [-0.3, -0.25) is 4.79 Å². The van der Waals surface area contributed by atoms with Crippen LogP contribution in [0.15, 0.2) is 29.4 Å². The molecule has 0 fully saturated rings. The Balaban J connectivity index is 2.17. The molecule has 1 aromatic rings. The Hall–Kier alpha value is -1.64. The van der Waals surface area contributed by atoms with Crippen LogP contribution in [-0.2, 0) is 4.79 Å². The van der Waals surface area contributed by atoms with Crippen LogP contribution in [0.2, 0.25) is 0 Å². The molecular weight excluding hydrogens is 308 g/mol. The zero-order chi connectivity index (χ0) is 18.3. The van der Waals surface area contributed by atoms with Crippen molar-refractivity contribution in [3.8, 4) is 0 Å². The van der Waals surface area contributed by atoms with E-state index in [1.54, 1.807) is 0 Å². The van der Waals surface area contributed by atoms with Gasteiger partial charge in [0.25, 0.3) is 0 Å². The number of carbonyl (C=O) groups excluding carboxylic acids is 1. The van der Waals surface area contributed by atoms with E-state index in [1.165, 1.54) is 50.5 Å². The van der Waals surface area contributed by atoms with E-state index in [-0.39, 0.29) is 5.91 Å². The van der Waals surface area contributed by atoms with Crippen molar-refractivity contribution in [2.75, 3.05) is 0 Å². The topological polar surface area (TPSA) is 41.5 Å². The summed E-state index contributed by atoms with van der Waals surface area (Å²) in [6.45, 7) is 6.38. The summed E-state index contributed by atoms with van der Waals surface area (Å²) in [5.41, 5.74) is 5.96. The third kappa shape index (κ3) is 10.1. The fourth-order valence-corrected chi connectivity index (χ4v) is 2.88. The molecule has 0 saturated carbocycles. The van der Waals surface area contributed by atoms with E-state index in [2.05, 4.69) is 55.6 Å². The van der Waals surface area contributed by atoms with Gasteiger partial charge >= 0.3 is 0 Å². The van der Waals surface area contributed by atoms with Gasteiger partial charge in [-0.25, -0.2) is 5.43 Å². The van der Waals surface area contributed by atoms with Gasteiger partial charge in [0.05, 0.1) is 5.71 Å². The second-order valence-electron chi connectivity index (χ2n) is 6.89. The SMILES string of the molecule is CCCCCCCCCCCC(=O)N/N=C(\CC)c1ccc(C)cc1. The zero-order valence-corrected chi connectivity index (χ0v) is 16.4. The first kappa shape index (κ1) is 21.4. The summed E-state index contributed by atoms with van der Waals surface area (Å²) in [6.07, 6.45) is 12.8. The molecule has 0 aliphatic heterocycles. The van der Waals surface area contributed by atoms with Crippen LogP contribution in [0.1, 0.15) is 95.6 Å². The first-order valence-electron chi connectivity index (χ1n) is 10.1. The summed E-state index contributed by atoms with van der Waals surface area (Å²) in [5.74, 6) is 0.0287. The Kier molecular flexibility index (Phi) is 11.7. The van der Waals surface area contributed by atoms with Gasteiger partial charge in [0.2, 0.25) is 5.91 Å². The molecule has 0 aromatic heterocycles. The maximum Gasteiger partial charge on any atom is 0.240 e.